The van der Waals surface area contributed by atoms with Crippen molar-refractivity contribution >= 4 is 89.6 Å². The molecule has 0 spiro atoms. The summed E-state index contributed by atoms with van der Waals surface area (Å²) in [5.74, 6) is 0. The first-order valence-corrected chi connectivity index (χ1v) is 23.9. The van der Waals surface area contributed by atoms with Crippen molar-refractivity contribution in [2.24, 2.45) is 0 Å². The Hall–Kier alpha value is -8.18. The molecule has 4 heteroatoms. The Morgan fingerprint density at radius 3 is 1.56 bits per heavy atom. The molecule has 0 radical (unpaired) electrons. The van der Waals surface area contributed by atoms with Gasteiger partial charge in [-0.05, 0) is 98.6 Å². The Kier molecular flexibility index (Phi) is 9.17. The van der Waals surface area contributed by atoms with Crippen LogP contribution < -0.4 is 25.6 Å². The number of hydrogen-bond donors (Lipinski definition) is 0. The first kappa shape index (κ1) is 37.6. The van der Waals surface area contributed by atoms with E-state index in [1.165, 1.54) is 42.6 Å². The average Bonchev–Trinajstić information content (AvgIpc) is 3.92. The van der Waals surface area contributed by atoms with Gasteiger partial charge in [0.05, 0.1) is 16.7 Å². The Bertz CT molecular complexity index is 3500. The summed E-state index contributed by atoms with van der Waals surface area (Å²) in [5, 5.41) is 10.0. The van der Waals surface area contributed by atoms with Crippen molar-refractivity contribution in [3.8, 4) is 16.8 Å². The fourth-order valence-electron chi connectivity index (χ4n) is 10.1. The number of para-hydroxylation sites is 3. The highest BCUT2D eigenvalue weighted by molar-refractivity contribution is 7.19. The van der Waals surface area contributed by atoms with Crippen LogP contribution in [0.3, 0.4) is 0 Å². The van der Waals surface area contributed by atoms with Crippen molar-refractivity contribution in [2.45, 2.75) is 0 Å². The van der Waals surface area contributed by atoms with Gasteiger partial charge in [0.2, 0.25) is 0 Å². The predicted octanol–water partition coefficient (Wildman–Crippen LogP) is 13.2. The van der Waals surface area contributed by atoms with Crippen LogP contribution in [0.4, 0.5) is 17.1 Å². The van der Waals surface area contributed by atoms with Crippen LogP contribution in [-0.4, -0.2) is 12.6 Å². The van der Waals surface area contributed by atoms with E-state index in [9.17, 15) is 0 Å². The number of benzene rings is 10. The molecule has 0 fully saturated rings. The van der Waals surface area contributed by atoms with E-state index in [4.69, 9.17) is 4.42 Å². The zero-order valence-corrected chi connectivity index (χ0v) is 36.1. The summed E-state index contributed by atoms with van der Waals surface area (Å²) >= 11 is 0. The molecule has 0 atom stereocenters. The number of anilines is 3. The molecule has 3 nitrogen and oxygen atoms in total. The van der Waals surface area contributed by atoms with Crippen molar-refractivity contribution in [1.82, 2.24) is 4.57 Å². The van der Waals surface area contributed by atoms with Gasteiger partial charge in [-0.1, -0.05) is 188 Å². The molecule has 0 saturated heterocycles. The molecule has 0 aliphatic rings. The lowest BCUT2D eigenvalue weighted by Crippen LogP contribution is -2.74. The average molecular weight is 835 g/mol. The van der Waals surface area contributed by atoms with E-state index in [2.05, 4.69) is 252 Å². The lowest BCUT2D eigenvalue weighted by atomic mass is 10.0. The minimum Gasteiger partial charge on any atom is -0.456 e. The van der Waals surface area contributed by atoms with Gasteiger partial charge in [-0.15, -0.1) is 0 Å². The third-order valence-corrected chi connectivity index (χ3v) is 17.7. The second-order valence-electron chi connectivity index (χ2n) is 16.4. The van der Waals surface area contributed by atoms with Crippen molar-refractivity contribution in [3.05, 3.63) is 255 Å². The molecule has 0 amide bonds. The van der Waals surface area contributed by atoms with Crippen molar-refractivity contribution in [3.63, 3.8) is 0 Å². The molecule has 0 unspecified atom stereocenters. The molecule has 2 aromatic heterocycles. The van der Waals surface area contributed by atoms with Gasteiger partial charge in [0.25, 0.3) is 0 Å². The van der Waals surface area contributed by atoms with E-state index < -0.39 is 8.07 Å². The van der Waals surface area contributed by atoms with Gasteiger partial charge in [0.15, 0.2) is 8.07 Å². The Morgan fingerprint density at radius 2 is 0.875 bits per heavy atom. The Morgan fingerprint density at radius 1 is 0.344 bits per heavy atom. The third kappa shape index (κ3) is 6.10. The molecule has 64 heavy (non-hydrogen) atoms. The van der Waals surface area contributed by atoms with Gasteiger partial charge in [-0.3, -0.25) is 0 Å². The summed E-state index contributed by atoms with van der Waals surface area (Å²) in [6.45, 7) is 0. The molecular formula is C60H42N2OSi. The fourth-order valence-corrected chi connectivity index (χ4v) is 14.9. The van der Waals surface area contributed by atoms with Crippen molar-refractivity contribution in [1.29, 1.82) is 0 Å². The summed E-state index contributed by atoms with van der Waals surface area (Å²) in [7, 11) is -2.71. The molecule has 0 aliphatic heterocycles. The van der Waals surface area contributed by atoms with Crippen LogP contribution in [0.25, 0.3) is 60.6 Å². The number of fused-ring (bicyclic) bond motifs is 6. The topological polar surface area (TPSA) is 21.3 Å². The van der Waals surface area contributed by atoms with E-state index in [0.29, 0.717) is 0 Å². The van der Waals surface area contributed by atoms with Crippen LogP contribution >= 0.6 is 0 Å². The number of furan rings is 1. The number of aromatic nitrogens is 1. The highest BCUT2D eigenvalue weighted by atomic mass is 28.3. The van der Waals surface area contributed by atoms with E-state index in [0.717, 1.165) is 55.8 Å². The Labute approximate surface area is 373 Å². The first-order valence-electron chi connectivity index (χ1n) is 21.9. The van der Waals surface area contributed by atoms with Crippen LogP contribution in [0.1, 0.15) is 0 Å². The van der Waals surface area contributed by atoms with E-state index in [1.54, 1.807) is 0 Å². The first-order chi connectivity index (χ1) is 31.8. The van der Waals surface area contributed by atoms with Gasteiger partial charge in [-0.25, -0.2) is 0 Å². The molecular weight excluding hydrogens is 793 g/mol. The van der Waals surface area contributed by atoms with Gasteiger partial charge < -0.3 is 13.9 Å². The maximum absolute atomic E-state index is 6.34. The van der Waals surface area contributed by atoms with Gasteiger partial charge >= 0.3 is 0 Å². The van der Waals surface area contributed by atoms with Crippen LogP contribution in [-0.2, 0) is 0 Å². The lowest BCUT2D eigenvalue weighted by Gasteiger charge is -2.34. The summed E-state index contributed by atoms with van der Waals surface area (Å²) in [6, 6.07) is 92.9. The molecule has 12 rings (SSSR count). The summed E-state index contributed by atoms with van der Waals surface area (Å²) in [5.41, 5.74) is 10.8. The van der Waals surface area contributed by atoms with Crippen molar-refractivity contribution < 1.29 is 4.42 Å². The molecule has 10 aromatic carbocycles. The summed E-state index contributed by atoms with van der Waals surface area (Å²) in [4.78, 5) is 2.42. The highest BCUT2D eigenvalue weighted by Gasteiger charge is 2.41. The quantitative estimate of drug-likeness (QED) is 0.107. The summed E-state index contributed by atoms with van der Waals surface area (Å²) in [6.07, 6.45) is 0. The third-order valence-electron chi connectivity index (χ3n) is 12.9. The highest BCUT2D eigenvalue weighted by Crippen LogP contribution is 2.45. The molecule has 0 N–H and O–H groups in total. The lowest BCUT2D eigenvalue weighted by molar-refractivity contribution is 0.669. The van der Waals surface area contributed by atoms with Gasteiger partial charge in [-0.2, -0.15) is 0 Å². The van der Waals surface area contributed by atoms with E-state index in [1.807, 2.05) is 12.1 Å². The van der Waals surface area contributed by atoms with Gasteiger partial charge in [0.1, 0.15) is 11.2 Å². The zero-order chi connectivity index (χ0) is 42.5. The van der Waals surface area contributed by atoms with Crippen LogP contribution in [0.5, 0.6) is 0 Å². The second kappa shape index (κ2) is 15.6. The number of hydrogen-bond acceptors (Lipinski definition) is 2. The molecule has 302 valence electrons. The van der Waals surface area contributed by atoms with Crippen LogP contribution in [0.2, 0.25) is 0 Å². The Balaban J connectivity index is 1.04. The maximum Gasteiger partial charge on any atom is 0.179 e. The van der Waals surface area contributed by atoms with Gasteiger partial charge in [0, 0.05) is 38.6 Å². The van der Waals surface area contributed by atoms with Crippen LogP contribution in [0, 0.1) is 0 Å². The summed E-state index contributed by atoms with van der Waals surface area (Å²) < 4.78 is 8.73. The largest absolute Gasteiger partial charge is 0.456 e. The van der Waals surface area contributed by atoms with E-state index >= 15 is 0 Å². The monoisotopic (exact) mass is 834 g/mol. The number of rotatable bonds is 9. The standard InChI is InChI=1S/C60H42N2OSi/c1-5-20-45(21-6-1)62-55-31-15-13-30-53(55)60-56(32-18-33-57(60)62)61(47-39-40-59-54(42-47)52-29-14-16-34-58(52)63-59)46-37-35-43(36-38-46)44-19-17-28-51(41-44)64(48-22-7-2-8-23-48,49-24-9-3-10-25-49)50-26-11-4-12-27-50/h1-42H. The molecule has 12 aromatic rings. The van der Waals surface area contributed by atoms with Crippen LogP contribution in [0.15, 0.2) is 259 Å². The number of nitrogens with zero attached hydrogens (tertiary/aromatic N) is 2. The van der Waals surface area contributed by atoms with E-state index in [-0.39, 0.29) is 0 Å². The SMILES string of the molecule is c1ccc(-n2c3ccccc3c3c(N(c4ccc(-c5cccc([Si](c6ccccc6)(c6ccccc6)c6ccccc6)c5)cc4)c4ccc5oc6ccccc6c5c4)cccc32)cc1. The minimum absolute atomic E-state index is 0.875. The predicted molar refractivity (Wildman–Crippen MR) is 272 cm³/mol. The maximum atomic E-state index is 6.34. The normalized spacial score (nSPS) is 11.8. The van der Waals surface area contributed by atoms with Crippen molar-refractivity contribution in [2.75, 3.05) is 4.90 Å². The molecule has 0 bridgehead atoms. The molecule has 2 heterocycles. The molecule has 0 aliphatic carbocycles. The fraction of sp³-hybridized carbons (Fsp3) is 0. The zero-order valence-electron chi connectivity index (χ0n) is 35.1. The minimum atomic E-state index is -2.71. The smallest absolute Gasteiger partial charge is 0.179 e. The molecule has 0 saturated carbocycles. The second-order valence-corrected chi connectivity index (χ2v) is 20.3.